The van der Waals surface area contributed by atoms with E-state index in [-0.39, 0.29) is 5.91 Å². The Labute approximate surface area is 173 Å². The third-order valence-corrected chi connectivity index (χ3v) is 6.71. The van der Waals surface area contributed by atoms with Gasteiger partial charge in [-0.3, -0.25) is 9.59 Å². The highest BCUT2D eigenvalue weighted by Crippen LogP contribution is 2.38. The van der Waals surface area contributed by atoms with Gasteiger partial charge in [-0.05, 0) is 36.6 Å². The fraction of sp³-hybridized carbons (Fsp3) is 0.182. The number of primary amides is 1. The summed E-state index contributed by atoms with van der Waals surface area (Å²) in [6.45, 7) is 3.92. The molecular formula is C22H22N2O2S2. The predicted molar refractivity (Wildman–Crippen MR) is 117 cm³/mol. The molecule has 0 saturated carbocycles. The van der Waals surface area contributed by atoms with Crippen molar-refractivity contribution < 1.29 is 9.59 Å². The van der Waals surface area contributed by atoms with Crippen molar-refractivity contribution in [3.05, 3.63) is 82.2 Å². The highest BCUT2D eigenvalue weighted by molar-refractivity contribution is 8.00. The van der Waals surface area contributed by atoms with Crippen molar-refractivity contribution in [2.45, 2.75) is 30.4 Å². The summed E-state index contributed by atoms with van der Waals surface area (Å²) in [5, 5.41) is 3.05. The predicted octanol–water partition coefficient (Wildman–Crippen LogP) is 5.19. The molecule has 0 fully saturated rings. The fourth-order valence-corrected chi connectivity index (χ4v) is 5.27. The van der Waals surface area contributed by atoms with Gasteiger partial charge in [0.05, 0.1) is 5.56 Å². The zero-order valence-electron chi connectivity index (χ0n) is 15.8. The normalized spacial score (nSPS) is 11.8. The van der Waals surface area contributed by atoms with Gasteiger partial charge in [-0.2, -0.15) is 0 Å². The third-order valence-electron chi connectivity index (χ3n) is 4.38. The second-order valence-electron chi connectivity index (χ2n) is 6.27. The molecule has 3 N–H and O–H groups in total. The van der Waals surface area contributed by atoms with Crippen LogP contribution in [0.3, 0.4) is 0 Å². The average Bonchev–Trinajstić information content (AvgIpc) is 3.02. The molecule has 0 spiro atoms. The average molecular weight is 411 g/mol. The van der Waals surface area contributed by atoms with E-state index in [1.165, 1.54) is 23.1 Å². The number of rotatable bonds is 7. The largest absolute Gasteiger partial charge is 0.365 e. The molecular weight excluding hydrogens is 388 g/mol. The smallest absolute Gasteiger partial charge is 0.251 e. The molecule has 2 amide bonds. The molecule has 2 aromatic carbocycles. The molecule has 1 heterocycles. The molecule has 3 aromatic rings. The molecule has 0 aliphatic heterocycles. The molecule has 0 aliphatic carbocycles. The number of anilines is 1. The number of carbonyl (C=O) groups is 2. The Morgan fingerprint density at radius 2 is 1.68 bits per heavy atom. The summed E-state index contributed by atoms with van der Waals surface area (Å²) in [4.78, 5) is 27.2. The van der Waals surface area contributed by atoms with Gasteiger partial charge < -0.3 is 11.1 Å². The van der Waals surface area contributed by atoms with Gasteiger partial charge in [0.2, 0.25) is 5.91 Å². The standard InChI is InChI=1S/C22H22N2O2S2/c1-3-17-14(2)27-22(18(17)20(23)25)24-21(26)19(15-10-6-4-7-11-15)28-16-12-8-5-9-13-16/h4-13,19H,3H2,1-2H3,(H2,23,25)(H,24,26). The first-order valence-electron chi connectivity index (χ1n) is 9.00. The van der Waals surface area contributed by atoms with E-state index in [0.717, 1.165) is 20.9 Å². The van der Waals surface area contributed by atoms with E-state index in [4.69, 9.17) is 5.73 Å². The molecule has 6 heteroatoms. The molecule has 3 rings (SSSR count). The number of amides is 2. The number of hydrogen-bond acceptors (Lipinski definition) is 4. The summed E-state index contributed by atoms with van der Waals surface area (Å²) in [6, 6.07) is 19.4. The van der Waals surface area contributed by atoms with Crippen molar-refractivity contribution in [2.24, 2.45) is 5.73 Å². The van der Waals surface area contributed by atoms with Crippen molar-refractivity contribution in [1.29, 1.82) is 0 Å². The van der Waals surface area contributed by atoms with E-state index in [2.05, 4.69) is 5.32 Å². The maximum atomic E-state index is 13.2. The van der Waals surface area contributed by atoms with Crippen LogP contribution in [-0.4, -0.2) is 11.8 Å². The topological polar surface area (TPSA) is 72.2 Å². The number of aryl methyl sites for hydroxylation is 1. The van der Waals surface area contributed by atoms with E-state index in [1.807, 2.05) is 74.5 Å². The SMILES string of the molecule is CCc1c(C)sc(NC(=O)C(Sc2ccccc2)c2ccccc2)c1C(N)=O. The van der Waals surface area contributed by atoms with Gasteiger partial charge in [-0.15, -0.1) is 23.1 Å². The van der Waals surface area contributed by atoms with Crippen molar-refractivity contribution >= 4 is 39.9 Å². The molecule has 0 radical (unpaired) electrons. The second-order valence-corrected chi connectivity index (χ2v) is 8.67. The van der Waals surface area contributed by atoms with E-state index in [0.29, 0.717) is 17.0 Å². The number of carbonyl (C=O) groups excluding carboxylic acids is 2. The number of nitrogens with two attached hydrogens (primary N) is 1. The molecule has 0 saturated heterocycles. The maximum absolute atomic E-state index is 13.2. The van der Waals surface area contributed by atoms with Crippen LogP contribution in [0.1, 0.15) is 38.5 Å². The van der Waals surface area contributed by atoms with Gasteiger partial charge in [0.15, 0.2) is 0 Å². The minimum absolute atomic E-state index is 0.175. The van der Waals surface area contributed by atoms with E-state index in [9.17, 15) is 9.59 Å². The number of thiophene rings is 1. The Morgan fingerprint density at radius 1 is 1.07 bits per heavy atom. The van der Waals surface area contributed by atoms with Gasteiger partial charge in [0.1, 0.15) is 10.3 Å². The molecule has 0 aliphatic rings. The minimum Gasteiger partial charge on any atom is -0.365 e. The van der Waals surface area contributed by atoms with Crippen LogP contribution in [0.25, 0.3) is 0 Å². The van der Waals surface area contributed by atoms with Crippen LogP contribution in [0.2, 0.25) is 0 Å². The Bertz CT molecular complexity index is 969. The van der Waals surface area contributed by atoms with Gasteiger partial charge in [0.25, 0.3) is 5.91 Å². The quantitative estimate of drug-likeness (QED) is 0.527. The van der Waals surface area contributed by atoms with E-state index in [1.54, 1.807) is 0 Å². The molecule has 28 heavy (non-hydrogen) atoms. The fourth-order valence-electron chi connectivity index (χ4n) is 3.07. The van der Waals surface area contributed by atoms with Crippen LogP contribution in [0.5, 0.6) is 0 Å². The van der Waals surface area contributed by atoms with Crippen LogP contribution in [0.4, 0.5) is 5.00 Å². The Hall–Kier alpha value is -2.57. The van der Waals surface area contributed by atoms with E-state index >= 15 is 0 Å². The Kier molecular flexibility index (Phi) is 6.54. The monoisotopic (exact) mass is 410 g/mol. The van der Waals surface area contributed by atoms with Gasteiger partial charge in [0, 0.05) is 9.77 Å². The number of nitrogens with one attached hydrogen (secondary N) is 1. The lowest BCUT2D eigenvalue weighted by Crippen LogP contribution is -2.21. The summed E-state index contributed by atoms with van der Waals surface area (Å²) in [7, 11) is 0. The van der Waals surface area contributed by atoms with Crippen LogP contribution in [0, 0.1) is 6.92 Å². The first-order chi connectivity index (χ1) is 13.5. The highest BCUT2D eigenvalue weighted by atomic mass is 32.2. The number of thioether (sulfide) groups is 1. The first kappa shape index (κ1) is 20.2. The second kappa shape index (κ2) is 9.08. The third kappa shape index (κ3) is 4.46. The molecule has 144 valence electrons. The number of hydrogen-bond donors (Lipinski definition) is 2. The first-order valence-corrected chi connectivity index (χ1v) is 10.7. The zero-order chi connectivity index (χ0) is 20.1. The molecule has 1 atom stereocenters. The van der Waals surface area contributed by atoms with Crippen molar-refractivity contribution in [1.82, 2.24) is 0 Å². The van der Waals surface area contributed by atoms with Crippen LogP contribution >= 0.6 is 23.1 Å². The van der Waals surface area contributed by atoms with Crippen LogP contribution in [0.15, 0.2) is 65.6 Å². The van der Waals surface area contributed by atoms with Gasteiger partial charge >= 0.3 is 0 Å². The lowest BCUT2D eigenvalue weighted by atomic mass is 10.1. The zero-order valence-corrected chi connectivity index (χ0v) is 17.4. The van der Waals surface area contributed by atoms with Crippen molar-refractivity contribution in [2.75, 3.05) is 5.32 Å². The Morgan fingerprint density at radius 3 is 2.25 bits per heavy atom. The highest BCUT2D eigenvalue weighted by Gasteiger charge is 2.26. The van der Waals surface area contributed by atoms with E-state index < -0.39 is 11.2 Å². The lowest BCUT2D eigenvalue weighted by Gasteiger charge is -2.17. The molecule has 0 bridgehead atoms. The summed E-state index contributed by atoms with van der Waals surface area (Å²) in [5.41, 5.74) is 7.83. The van der Waals surface area contributed by atoms with Crippen molar-refractivity contribution in [3.63, 3.8) is 0 Å². The summed E-state index contributed by atoms with van der Waals surface area (Å²) >= 11 is 2.88. The maximum Gasteiger partial charge on any atom is 0.251 e. The number of benzene rings is 2. The van der Waals surface area contributed by atoms with Crippen LogP contribution < -0.4 is 11.1 Å². The Balaban J connectivity index is 1.93. The summed E-state index contributed by atoms with van der Waals surface area (Å²) in [5.74, 6) is -0.685. The molecule has 4 nitrogen and oxygen atoms in total. The van der Waals surface area contributed by atoms with Crippen LogP contribution in [-0.2, 0) is 11.2 Å². The summed E-state index contributed by atoms with van der Waals surface area (Å²) < 4.78 is 0. The van der Waals surface area contributed by atoms with Gasteiger partial charge in [-0.1, -0.05) is 55.5 Å². The summed E-state index contributed by atoms with van der Waals surface area (Å²) in [6.07, 6.45) is 0.692. The van der Waals surface area contributed by atoms with Crippen molar-refractivity contribution in [3.8, 4) is 0 Å². The lowest BCUT2D eigenvalue weighted by molar-refractivity contribution is -0.115. The molecule has 1 unspecified atom stereocenters. The molecule has 1 aromatic heterocycles. The minimum atomic E-state index is -0.511. The van der Waals surface area contributed by atoms with Gasteiger partial charge in [-0.25, -0.2) is 0 Å².